The van der Waals surface area contributed by atoms with Crippen molar-refractivity contribution in [3.63, 3.8) is 0 Å². The molecule has 0 saturated heterocycles. The minimum Gasteiger partial charge on any atom is -0.368 e. The van der Waals surface area contributed by atoms with Crippen molar-refractivity contribution < 1.29 is 8.78 Å². The van der Waals surface area contributed by atoms with E-state index in [4.69, 9.17) is 5.73 Å². The van der Waals surface area contributed by atoms with Gasteiger partial charge in [0.25, 0.3) is 0 Å². The van der Waals surface area contributed by atoms with Crippen molar-refractivity contribution in [2.45, 2.75) is 6.54 Å². The van der Waals surface area contributed by atoms with Gasteiger partial charge in [-0.05, 0) is 18.2 Å². The molecule has 96 valence electrons. The normalized spacial score (nSPS) is 11.1. The maximum Gasteiger partial charge on any atom is 0.222 e. The lowest BCUT2D eigenvalue weighted by atomic mass is 10.2. The second-order valence-electron chi connectivity index (χ2n) is 4.05. The summed E-state index contributed by atoms with van der Waals surface area (Å²) in [6.07, 6.45) is 3.08. The van der Waals surface area contributed by atoms with Crippen LogP contribution in [0, 0.1) is 11.6 Å². The van der Waals surface area contributed by atoms with Gasteiger partial charge in [0.1, 0.15) is 11.6 Å². The molecule has 0 spiro atoms. The zero-order valence-electron chi connectivity index (χ0n) is 9.72. The summed E-state index contributed by atoms with van der Waals surface area (Å²) >= 11 is 0. The molecule has 3 rings (SSSR count). The van der Waals surface area contributed by atoms with Gasteiger partial charge in [-0.2, -0.15) is 10.1 Å². The summed E-state index contributed by atoms with van der Waals surface area (Å²) in [5, 5.41) is 4.76. The summed E-state index contributed by atoms with van der Waals surface area (Å²) < 4.78 is 28.1. The molecule has 0 saturated carbocycles. The number of nitrogen functional groups attached to an aromatic ring is 1. The molecule has 5 nitrogen and oxygen atoms in total. The molecule has 19 heavy (non-hydrogen) atoms. The maximum atomic E-state index is 13.6. The maximum absolute atomic E-state index is 13.6. The predicted molar refractivity (Wildman–Crippen MR) is 65.2 cm³/mol. The van der Waals surface area contributed by atoms with Gasteiger partial charge in [-0.15, -0.1) is 0 Å². The van der Waals surface area contributed by atoms with Gasteiger partial charge < -0.3 is 5.73 Å². The highest BCUT2D eigenvalue weighted by Gasteiger charge is 2.09. The van der Waals surface area contributed by atoms with Gasteiger partial charge in [-0.25, -0.2) is 18.4 Å². The van der Waals surface area contributed by atoms with E-state index in [-0.39, 0.29) is 18.1 Å². The fraction of sp³-hybridized carbons (Fsp3) is 0.0833. The number of rotatable bonds is 2. The van der Waals surface area contributed by atoms with E-state index < -0.39 is 11.6 Å². The van der Waals surface area contributed by atoms with Gasteiger partial charge in [0.05, 0.1) is 18.1 Å². The van der Waals surface area contributed by atoms with E-state index in [0.29, 0.717) is 11.0 Å². The van der Waals surface area contributed by atoms with Gasteiger partial charge in [0, 0.05) is 11.8 Å². The predicted octanol–water partition coefficient (Wildman–Crippen LogP) is 1.74. The largest absolute Gasteiger partial charge is 0.368 e. The number of benzene rings is 1. The van der Waals surface area contributed by atoms with Crippen LogP contribution in [0.25, 0.3) is 11.0 Å². The molecule has 0 radical (unpaired) electrons. The molecule has 0 amide bonds. The topological polar surface area (TPSA) is 69.6 Å². The fourth-order valence-electron chi connectivity index (χ4n) is 1.82. The smallest absolute Gasteiger partial charge is 0.222 e. The lowest BCUT2D eigenvalue weighted by Gasteiger charge is -2.05. The molecule has 2 N–H and O–H groups in total. The molecule has 0 aliphatic heterocycles. The minimum absolute atomic E-state index is 0.0730. The molecule has 3 aromatic rings. The van der Waals surface area contributed by atoms with Crippen LogP contribution in [-0.4, -0.2) is 19.7 Å². The van der Waals surface area contributed by atoms with Gasteiger partial charge in [0.15, 0.2) is 5.65 Å². The Bertz CT molecular complexity index is 753. The quantitative estimate of drug-likeness (QED) is 0.762. The zero-order valence-corrected chi connectivity index (χ0v) is 9.72. The first-order valence-corrected chi connectivity index (χ1v) is 5.51. The molecule has 2 heterocycles. The molecule has 7 heteroatoms. The van der Waals surface area contributed by atoms with Crippen molar-refractivity contribution in [1.82, 2.24) is 19.7 Å². The third-order valence-corrected chi connectivity index (χ3v) is 2.72. The van der Waals surface area contributed by atoms with E-state index in [0.717, 1.165) is 18.2 Å². The highest BCUT2D eigenvalue weighted by Crippen LogP contribution is 2.15. The molecule has 0 atom stereocenters. The Kier molecular flexibility index (Phi) is 2.59. The van der Waals surface area contributed by atoms with Crippen molar-refractivity contribution in [1.29, 1.82) is 0 Å². The monoisotopic (exact) mass is 261 g/mol. The molecule has 2 aromatic heterocycles. The standard InChI is InChI=1S/C12H9F2N5/c13-9-1-2-10(14)7(3-9)6-19-11-8(5-17-19)4-16-12(15)18-11/h1-5H,6H2,(H2,15,16,18). The van der Waals surface area contributed by atoms with Gasteiger partial charge in [0.2, 0.25) is 5.95 Å². The first-order chi connectivity index (χ1) is 9.13. The summed E-state index contributed by atoms with van der Waals surface area (Å²) in [6.45, 7) is 0.0730. The number of hydrogen-bond acceptors (Lipinski definition) is 4. The third-order valence-electron chi connectivity index (χ3n) is 2.72. The van der Waals surface area contributed by atoms with Crippen LogP contribution in [0.2, 0.25) is 0 Å². The van der Waals surface area contributed by atoms with Gasteiger partial charge in [-0.3, -0.25) is 0 Å². The first kappa shape index (κ1) is 11.5. The van der Waals surface area contributed by atoms with Gasteiger partial charge >= 0.3 is 0 Å². The summed E-state index contributed by atoms with van der Waals surface area (Å²) in [7, 11) is 0. The molecule has 1 aromatic carbocycles. The lowest BCUT2D eigenvalue weighted by Crippen LogP contribution is -2.06. The van der Waals surface area contributed by atoms with Gasteiger partial charge in [-0.1, -0.05) is 0 Å². The van der Waals surface area contributed by atoms with E-state index in [2.05, 4.69) is 15.1 Å². The van der Waals surface area contributed by atoms with Crippen molar-refractivity contribution >= 4 is 17.0 Å². The van der Waals surface area contributed by atoms with Crippen molar-refractivity contribution in [3.05, 3.63) is 47.8 Å². The number of nitrogens with zero attached hydrogens (tertiary/aromatic N) is 4. The Hall–Kier alpha value is -2.57. The van der Waals surface area contributed by atoms with Crippen molar-refractivity contribution in [2.24, 2.45) is 0 Å². The first-order valence-electron chi connectivity index (χ1n) is 5.51. The Labute approximate surface area is 106 Å². The van der Waals surface area contributed by atoms with Crippen molar-refractivity contribution in [3.8, 4) is 0 Å². The van der Waals surface area contributed by atoms with Crippen LogP contribution < -0.4 is 5.73 Å². The Balaban J connectivity index is 2.05. The molecule has 0 aliphatic rings. The average molecular weight is 261 g/mol. The number of nitrogens with two attached hydrogens (primary N) is 1. The lowest BCUT2D eigenvalue weighted by molar-refractivity contribution is 0.569. The number of aromatic nitrogens is 4. The van der Waals surface area contributed by atoms with Crippen molar-refractivity contribution in [2.75, 3.05) is 5.73 Å². The van der Waals surface area contributed by atoms with Crippen LogP contribution in [0.15, 0.2) is 30.6 Å². The summed E-state index contributed by atoms with van der Waals surface area (Å²) in [5.74, 6) is -0.886. The van der Waals surface area contributed by atoms with Crippen LogP contribution in [-0.2, 0) is 6.54 Å². The van der Waals surface area contributed by atoms with E-state index in [1.807, 2.05) is 0 Å². The molecular weight excluding hydrogens is 252 g/mol. The highest BCUT2D eigenvalue weighted by atomic mass is 19.1. The third kappa shape index (κ3) is 2.10. The van der Waals surface area contributed by atoms with E-state index in [1.165, 1.54) is 10.9 Å². The number of halogens is 2. The summed E-state index contributed by atoms with van der Waals surface area (Å²) in [4.78, 5) is 7.87. The molecule has 0 bridgehead atoms. The Morgan fingerprint density at radius 3 is 2.89 bits per heavy atom. The number of hydrogen-bond donors (Lipinski definition) is 1. The SMILES string of the molecule is Nc1ncc2cnn(Cc3cc(F)ccc3F)c2n1. The second kappa shape index (κ2) is 4.27. The molecule has 0 fully saturated rings. The number of fused-ring (bicyclic) bond motifs is 1. The molecular formula is C12H9F2N5. The Morgan fingerprint density at radius 2 is 2.05 bits per heavy atom. The van der Waals surface area contributed by atoms with Crippen LogP contribution in [0.4, 0.5) is 14.7 Å². The Morgan fingerprint density at radius 1 is 1.21 bits per heavy atom. The second-order valence-corrected chi connectivity index (χ2v) is 4.05. The molecule has 0 unspecified atom stereocenters. The summed E-state index contributed by atoms with van der Waals surface area (Å²) in [5.41, 5.74) is 6.18. The van der Waals surface area contributed by atoms with Crippen LogP contribution in [0.1, 0.15) is 5.56 Å². The minimum atomic E-state index is -0.498. The van der Waals surface area contributed by atoms with Crippen LogP contribution >= 0.6 is 0 Å². The van der Waals surface area contributed by atoms with Crippen LogP contribution in [0.5, 0.6) is 0 Å². The van der Waals surface area contributed by atoms with E-state index in [1.54, 1.807) is 6.20 Å². The number of anilines is 1. The summed E-state index contributed by atoms with van der Waals surface area (Å²) in [6, 6.07) is 3.29. The average Bonchev–Trinajstić information content (AvgIpc) is 2.77. The van der Waals surface area contributed by atoms with E-state index >= 15 is 0 Å². The molecule has 0 aliphatic carbocycles. The van der Waals surface area contributed by atoms with E-state index in [9.17, 15) is 8.78 Å². The fourth-order valence-corrected chi connectivity index (χ4v) is 1.82. The zero-order chi connectivity index (χ0) is 13.4. The van der Waals surface area contributed by atoms with Crippen LogP contribution in [0.3, 0.4) is 0 Å². The highest BCUT2D eigenvalue weighted by molar-refractivity contribution is 5.74.